The first kappa shape index (κ1) is 8.39. The van der Waals surface area contributed by atoms with E-state index in [1.807, 2.05) is 0 Å². The van der Waals surface area contributed by atoms with Crippen molar-refractivity contribution in [3.8, 4) is 0 Å². The van der Waals surface area contributed by atoms with Crippen LogP contribution in [0.3, 0.4) is 0 Å². The van der Waals surface area contributed by atoms with Gasteiger partial charge in [-0.05, 0) is 0 Å². The first-order valence-electron chi connectivity index (χ1n) is 2.66. The van der Waals surface area contributed by atoms with Crippen LogP contribution in [0, 0.1) is 0 Å². The molecule has 0 saturated heterocycles. The van der Waals surface area contributed by atoms with Gasteiger partial charge < -0.3 is 14.9 Å². The number of hydrogen-bond donors (Lipinski definition) is 2. The van der Waals surface area contributed by atoms with Crippen molar-refractivity contribution in [2.45, 2.75) is 12.5 Å². The molecule has 0 heterocycles. The summed E-state index contributed by atoms with van der Waals surface area (Å²) in [6.45, 7) is -0.0606. The van der Waals surface area contributed by atoms with Gasteiger partial charge in [0.1, 0.15) is 6.10 Å². The predicted molar refractivity (Wildman–Crippen MR) is 29.7 cm³/mol. The Morgan fingerprint density at radius 2 is 2.22 bits per heavy atom. The third-order valence-corrected chi connectivity index (χ3v) is 0.903. The van der Waals surface area contributed by atoms with Crippen LogP contribution < -0.4 is 0 Å². The van der Waals surface area contributed by atoms with E-state index >= 15 is 0 Å². The van der Waals surface area contributed by atoms with E-state index < -0.39 is 6.10 Å². The van der Waals surface area contributed by atoms with E-state index in [4.69, 9.17) is 10.2 Å². The Labute approximate surface area is 53.1 Å². The maximum Gasteiger partial charge on any atom is 0.293 e. The molecule has 0 aromatic carbocycles. The molecule has 0 radical (unpaired) electrons. The van der Waals surface area contributed by atoms with Gasteiger partial charge in [-0.1, -0.05) is 0 Å². The van der Waals surface area contributed by atoms with Crippen LogP contribution in [0.5, 0.6) is 0 Å². The van der Waals surface area contributed by atoms with E-state index in [9.17, 15) is 4.79 Å². The van der Waals surface area contributed by atoms with Gasteiger partial charge in [-0.3, -0.25) is 4.79 Å². The summed E-state index contributed by atoms with van der Waals surface area (Å²) in [5.41, 5.74) is 0. The first-order valence-corrected chi connectivity index (χ1v) is 2.66. The average molecular weight is 134 g/mol. The second-order valence-corrected chi connectivity index (χ2v) is 1.55. The topological polar surface area (TPSA) is 66.8 Å². The highest BCUT2D eigenvalue weighted by atomic mass is 16.5. The number of aliphatic hydroxyl groups is 2. The van der Waals surface area contributed by atoms with Crippen LogP contribution >= 0.6 is 0 Å². The molecule has 9 heavy (non-hydrogen) atoms. The lowest BCUT2D eigenvalue weighted by molar-refractivity contribution is -0.136. The lowest BCUT2D eigenvalue weighted by atomic mass is 10.3. The average Bonchev–Trinajstić information content (AvgIpc) is 1.88. The van der Waals surface area contributed by atoms with Crippen molar-refractivity contribution < 1.29 is 19.7 Å². The SMILES string of the molecule is O=COC(CO)CCO. The zero-order valence-electron chi connectivity index (χ0n) is 4.99. The van der Waals surface area contributed by atoms with Crippen LogP contribution in [-0.2, 0) is 9.53 Å². The van der Waals surface area contributed by atoms with Gasteiger partial charge in [0.05, 0.1) is 6.61 Å². The third-order valence-electron chi connectivity index (χ3n) is 0.903. The lowest BCUT2D eigenvalue weighted by Gasteiger charge is -2.08. The number of aliphatic hydroxyl groups excluding tert-OH is 2. The van der Waals surface area contributed by atoms with Gasteiger partial charge in [0, 0.05) is 13.0 Å². The monoisotopic (exact) mass is 134 g/mol. The molecule has 0 rings (SSSR count). The maximum atomic E-state index is 9.63. The minimum Gasteiger partial charge on any atom is -0.462 e. The van der Waals surface area contributed by atoms with E-state index in [-0.39, 0.29) is 26.1 Å². The summed E-state index contributed by atoms with van der Waals surface area (Å²) in [5.74, 6) is 0. The normalized spacial score (nSPS) is 12.7. The fourth-order valence-corrected chi connectivity index (χ4v) is 0.425. The van der Waals surface area contributed by atoms with Crippen LogP contribution in [-0.4, -0.2) is 36.0 Å². The van der Waals surface area contributed by atoms with Crippen molar-refractivity contribution in [2.75, 3.05) is 13.2 Å². The van der Waals surface area contributed by atoms with Crippen LogP contribution in [0.25, 0.3) is 0 Å². The van der Waals surface area contributed by atoms with E-state index in [0.29, 0.717) is 0 Å². The van der Waals surface area contributed by atoms with E-state index in [1.54, 1.807) is 0 Å². The van der Waals surface area contributed by atoms with Crippen molar-refractivity contribution in [2.24, 2.45) is 0 Å². The van der Waals surface area contributed by atoms with Crippen molar-refractivity contribution in [1.29, 1.82) is 0 Å². The third kappa shape index (κ3) is 3.93. The Morgan fingerprint density at radius 1 is 1.56 bits per heavy atom. The first-order chi connectivity index (χ1) is 4.35. The smallest absolute Gasteiger partial charge is 0.293 e. The summed E-state index contributed by atoms with van der Waals surface area (Å²) in [6.07, 6.45) is -0.262. The highest BCUT2D eigenvalue weighted by Gasteiger charge is 2.04. The predicted octanol–water partition coefficient (Wildman–Crippen LogP) is -1.10. The number of rotatable bonds is 5. The van der Waals surface area contributed by atoms with Crippen molar-refractivity contribution in [3.63, 3.8) is 0 Å². The Morgan fingerprint density at radius 3 is 2.56 bits per heavy atom. The molecule has 0 aliphatic heterocycles. The Hall–Kier alpha value is -0.610. The van der Waals surface area contributed by atoms with Gasteiger partial charge in [-0.2, -0.15) is 0 Å². The lowest BCUT2D eigenvalue weighted by Crippen LogP contribution is -2.18. The summed E-state index contributed by atoms with van der Waals surface area (Å²) in [5, 5.41) is 16.7. The molecule has 0 bridgehead atoms. The van der Waals surface area contributed by atoms with Crippen molar-refractivity contribution >= 4 is 6.47 Å². The Balaban J connectivity index is 3.28. The van der Waals surface area contributed by atoms with E-state index in [1.165, 1.54) is 0 Å². The van der Waals surface area contributed by atoms with Crippen molar-refractivity contribution in [1.82, 2.24) is 0 Å². The quantitative estimate of drug-likeness (QED) is 0.468. The molecule has 4 heteroatoms. The molecule has 0 aliphatic carbocycles. The van der Waals surface area contributed by atoms with Crippen molar-refractivity contribution in [3.05, 3.63) is 0 Å². The van der Waals surface area contributed by atoms with Crippen LogP contribution in [0.1, 0.15) is 6.42 Å². The summed E-state index contributed by atoms with van der Waals surface area (Å²) >= 11 is 0. The van der Waals surface area contributed by atoms with Gasteiger partial charge in [0.2, 0.25) is 0 Å². The molecule has 0 amide bonds. The molecule has 54 valence electrons. The summed E-state index contributed by atoms with van der Waals surface area (Å²) < 4.78 is 4.34. The number of ether oxygens (including phenoxy) is 1. The number of carbonyl (C=O) groups excluding carboxylic acids is 1. The zero-order valence-corrected chi connectivity index (χ0v) is 4.99. The molecular formula is C5H10O4. The number of hydrogen-bond acceptors (Lipinski definition) is 4. The maximum absolute atomic E-state index is 9.63. The summed E-state index contributed by atoms with van der Waals surface area (Å²) in [7, 11) is 0. The minimum absolute atomic E-state index is 0.0843. The fourth-order valence-electron chi connectivity index (χ4n) is 0.425. The van der Waals surface area contributed by atoms with Gasteiger partial charge in [0.15, 0.2) is 0 Å². The van der Waals surface area contributed by atoms with Gasteiger partial charge in [-0.25, -0.2) is 0 Å². The minimum atomic E-state index is -0.549. The molecule has 4 nitrogen and oxygen atoms in total. The molecular weight excluding hydrogens is 124 g/mol. The zero-order chi connectivity index (χ0) is 7.11. The Bertz CT molecular complexity index is 73.4. The second kappa shape index (κ2) is 5.53. The summed E-state index contributed by atoms with van der Waals surface area (Å²) in [4.78, 5) is 9.63. The molecule has 1 unspecified atom stereocenters. The van der Waals surface area contributed by atoms with E-state index in [0.717, 1.165) is 0 Å². The van der Waals surface area contributed by atoms with Gasteiger partial charge in [-0.15, -0.1) is 0 Å². The molecule has 0 fully saturated rings. The van der Waals surface area contributed by atoms with Crippen LogP contribution in [0.4, 0.5) is 0 Å². The number of carbonyl (C=O) groups is 1. The highest BCUT2D eigenvalue weighted by molar-refractivity contribution is 5.37. The molecule has 0 aliphatic rings. The molecule has 1 atom stereocenters. The van der Waals surface area contributed by atoms with Crippen LogP contribution in [0.2, 0.25) is 0 Å². The van der Waals surface area contributed by atoms with E-state index in [2.05, 4.69) is 4.74 Å². The van der Waals surface area contributed by atoms with Gasteiger partial charge >= 0.3 is 0 Å². The van der Waals surface area contributed by atoms with Gasteiger partial charge in [0.25, 0.3) is 6.47 Å². The fraction of sp³-hybridized carbons (Fsp3) is 0.800. The highest BCUT2D eigenvalue weighted by Crippen LogP contribution is 1.92. The molecule has 0 spiro atoms. The standard InChI is InChI=1S/C5H10O4/c6-2-1-5(3-7)9-4-8/h4-7H,1-3H2. The Kier molecular flexibility index (Phi) is 5.15. The molecule has 0 aromatic rings. The second-order valence-electron chi connectivity index (χ2n) is 1.55. The molecule has 0 aromatic heterocycles. The molecule has 0 saturated carbocycles. The largest absolute Gasteiger partial charge is 0.462 e. The molecule has 2 N–H and O–H groups in total. The summed E-state index contributed by atoms with van der Waals surface area (Å²) in [6, 6.07) is 0. The van der Waals surface area contributed by atoms with Crippen LogP contribution in [0.15, 0.2) is 0 Å².